The summed E-state index contributed by atoms with van der Waals surface area (Å²) >= 11 is 0. The Bertz CT molecular complexity index is 697. The van der Waals surface area contributed by atoms with Crippen LogP contribution in [0.1, 0.15) is 18.4 Å². The Morgan fingerprint density at radius 2 is 1.88 bits per heavy atom. The van der Waals surface area contributed by atoms with E-state index in [-0.39, 0.29) is 12.5 Å². The average Bonchev–Trinajstić information content (AvgIpc) is 2.60. The highest BCUT2D eigenvalue weighted by Crippen LogP contribution is 2.16. The Kier molecular flexibility index (Phi) is 5.15. The van der Waals surface area contributed by atoms with Crippen molar-refractivity contribution in [2.45, 2.75) is 32.4 Å². The van der Waals surface area contributed by atoms with E-state index in [1.165, 1.54) is 10.8 Å². The van der Waals surface area contributed by atoms with Crippen LogP contribution in [0, 0.1) is 6.92 Å². The van der Waals surface area contributed by atoms with Crippen molar-refractivity contribution in [3.63, 3.8) is 0 Å². The molecular weight excluding hydrogens is 312 g/mol. The molecule has 0 bridgehead atoms. The number of nitrogens with one attached hydrogen (secondary N) is 1. The topological polar surface area (TPSA) is 87.6 Å². The smallest absolute Gasteiger partial charge is 0.328 e. The molecule has 2 aliphatic heterocycles. The van der Waals surface area contributed by atoms with Crippen LogP contribution in [-0.2, 0) is 16.1 Å². The van der Waals surface area contributed by atoms with Crippen LogP contribution in [0.4, 0.5) is 0 Å². The third-order valence-corrected chi connectivity index (χ3v) is 4.87. The third-order valence-electron chi connectivity index (χ3n) is 4.87. The molecule has 2 fully saturated rings. The van der Waals surface area contributed by atoms with Crippen molar-refractivity contribution in [1.29, 1.82) is 0 Å². The van der Waals surface area contributed by atoms with Crippen LogP contribution in [0.2, 0.25) is 0 Å². The molecule has 8 nitrogen and oxygen atoms in total. The fourth-order valence-electron chi connectivity index (χ4n) is 3.37. The summed E-state index contributed by atoms with van der Waals surface area (Å²) in [6.07, 6.45) is 3.55. The van der Waals surface area contributed by atoms with Crippen molar-refractivity contribution in [2.24, 2.45) is 0 Å². The number of carbonyl (C=O) groups excluding carboxylic acids is 1. The first-order valence-electron chi connectivity index (χ1n) is 8.44. The summed E-state index contributed by atoms with van der Waals surface area (Å²) in [7, 11) is 0. The molecule has 3 heterocycles. The van der Waals surface area contributed by atoms with Gasteiger partial charge < -0.3 is 9.64 Å². The Morgan fingerprint density at radius 1 is 1.21 bits per heavy atom. The SMILES string of the molecule is Cc1cn(CC(=O)N2CCN(C3CCOCC3)CC2)c(=O)[nH]c1=O. The molecule has 0 spiro atoms. The molecule has 2 aliphatic rings. The van der Waals surface area contributed by atoms with E-state index in [0.717, 1.165) is 39.1 Å². The normalized spacial score (nSPS) is 20.3. The van der Waals surface area contributed by atoms with Crippen molar-refractivity contribution in [3.05, 3.63) is 32.6 Å². The van der Waals surface area contributed by atoms with E-state index in [2.05, 4.69) is 9.88 Å². The number of rotatable bonds is 3. The number of aromatic nitrogens is 2. The van der Waals surface area contributed by atoms with Gasteiger partial charge in [0.25, 0.3) is 5.56 Å². The zero-order valence-electron chi connectivity index (χ0n) is 14.0. The molecule has 0 radical (unpaired) electrons. The van der Waals surface area contributed by atoms with Gasteiger partial charge >= 0.3 is 5.69 Å². The third kappa shape index (κ3) is 3.76. The number of nitrogens with zero attached hydrogens (tertiary/aromatic N) is 3. The molecule has 3 rings (SSSR count). The number of hydrogen-bond acceptors (Lipinski definition) is 5. The number of piperazine rings is 1. The van der Waals surface area contributed by atoms with Crippen LogP contribution in [0.3, 0.4) is 0 Å². The molecule has 1 amide bonds. The second kappa shape index (κ2) is 7.31. The van der Waals surface area contributed by atoms with Crippen molar-refractivity contribution in [1.82, 2.24) is 19.4 Å². The Hall–Kier alpha value is -1.93. The fraction of sp³-hybridized carbons (Fsp3) is 0.688. The van der Waals surface area contributed by atoms with E-state index in [0.29, 0.717) is 24.7 Å². The lowest BCUT2D eigenvalue weighted by atomic mass is 10.1. The highest BCUT2D eigenvalue weighted by molar-refractivity contribution is 5.76. The van der Waals surface area contributed by atoms with E-state index in [9.17, 15) is 14.4 Å². The molecule has 8 heteroatoms. The maximum atomic E-state index is 12.4. The summed E-state index contributed by atoms with van der Waals surface area (Å²) < 4.78 is 6.66. The average molecular weight is 336 g/mol. The predicted octanol–water partition coefficient (Wildman–Crippen LogP) is -0.832. The van der Waals surface area contributed by atoms with Crippen molar-refractivity contribution in [3.8, 4) is 0 Å². The highest BCUT2D eigenvalue weighted by atomic mass is 16.5. The zero-order valence-corrected chi connectivity index (χ0v) is 14.0. The van der Waals surface area contributed by atoms with Gasteiger partial charge in [-0.05, 0) is 19.8 Å². The Balaban J connectivity index is 1.56. The molecule has 0 aliphatic carbocycles. The number of aryl methyl sites for hydroxylation is 1. The minimum Gasteiger partial charge on any atom is -0.381 e. The van der Waals surface area contributed by atoms with E-state index in [4.69, 9.17) is 4.74 Å². The van der Waals surface area contributed by atoms with Crippen molar-refractivity contribution in [2.75, 3.05) is 39.4 Å². The molecular formula is C16H24N4O4. The summed E-state index contributed by atoms with van der Waals surface area (Å²) in [5.41, 5.74) is -0.527. The number of aromatic amines is 1. The van der Waals surface area contributed by atoms with Gasteiger partial charge in [-0.15, -0.1) is 0 Å². The first kappa shape index (κ1) is 16.9. The van der Waals surface area contributed by atoms with Gasteiger partial charge in [0.1, 0.15) is 6.54 Å². The molecule has 24 heavy (non-hydrogen) atoms. The number of hydrogen-bond donors (Lipinski definition) is 1. The molecule has 1 N–H and O–H groups in total. The minimum absolute atomic E-state index is 0.0340. The van der Waals surface area contributed by atoms with Gasteiger partial charge in [0.15, 0.2) is 0 Å². The van der Waals surface area contributed by atoms with Crippen LogP contribution in [0.5, 0.6) is 0 Å². The molecule has 1 aromatic heterocycles. The van der Waals surface area contributed by atoms with Gasteiger partial charge in [-0.25, -0.2) is 4.79 Å². The lowest BCUT2D eigenvalue weighted by Crippen LogP contribution is -2.53. The first-order valence-corrected chi connectivity index (χ1v) is 8.44. The lowest BCUT2D eigenvalue weighted by Gasteiger charge is -2.40. The van der Waals surface area contributed by atoms with Crippen LogP contribution in [-0.4, -0.2) is 70.7 Å². The molecule has 132 valence electrons. The van der Waals surface area contributed by atoms with Gasteiger partial charge in [0.2, 0.25) is 5.91 Å². The molecule has 0 aromatic carbocycles. The maximum Gasteiger partial charge on any atom is 0.328 e. The van der Waals surface area contributed by atoms with Gasteiger partial charge in [0, 0.05) is 57.2 Å². The van der Waals surface area contributed by atoms with Gasteiger partial charge in [-0.2, -0.15) is 0 Å². The number of ether oxygens (including phenoxy) is 1. The number of H-pyrrole nitrogens is 1. The van der Waals surface area contributed by atoms with Gasteiger partial charge in [-0.3, -0.25) is 24.0 Å². The number of carbonyl (C=O) groups is 1. The Morgan fingerprint density at radius 3 is 2.54 bits per heavy atom. The standard InChI is InChI=1S/C16H24N4O4/c1-12-10-20(16(23)17-15(12)22)11-14(21)19-6-4-18(5-7-19)13-2-8-24-9-3-13/h10,13H,2-9,11H2,1H3,(H,17,22,23). The largest absolute Gasteiger partial charge is 0.381 e. The predicted molar refractivity (Wildman–Crippen MR) is 88.1 cm³/mol. The lowest BCUT2D eigenvalue weighted by molar-refractivity contribution is -0.134. The van der Waals surface area contributed by atoms with Crippen LogP contribution >= 0.6 is 0 Å². The van der Waals surface area contributed by atoms with Crippen molar-refractivity contribution < 1.29 is 9.53 Å². The summed E-state index contributed by atoms with van der Waals surface area (Å²) in [6.45, 7) is 6.28. The Labute approximate surface area is 140 Å². The molecule has 0 atom stereocenters. The van der Waals surface area contributed by atoms with Crippen LogP contribution in [0.25, 0.3) is 0 Å². The van der Waals surface area contributed by atoms with Crippen LogP contribution in [0.15, 0.2) is 15.8 Å². The monoisotopic (exact) mass is 336 g/mol. The second-order valence-corrected chi connectivity index (χ2v) is 6.46. The summed E-state index contributed by atoms with van der Waals surface area (Å²) in [4.78, 5) is 42.1. The van der Waals surface area contributed by atoms with Crippen molar-refractivity contribution >= 4 is 5.91 Å². The van der Waals surface area contributed by atoms with Gasteiger partial charge in [-0.1, -0.05) is 0 Å². The second-order valence-electron chi connectivity index (χ2n) is 6.46. The summed E-state index contributed by atoms with van der Waals surface area (Å²) in [6, 6.07) is 0.556. The number of amides is 1. The van der Waals surface area contributed by atoms with E-state index in [1.54, 1.807) is 11.8 Å². The van der Waals surface area contributed by atoms with Crippen LogP contribution < -0.4 is 11.2 Å². The highest BCUT2D eigenvalue weighted by Gasteiger charge is 2.27. The van der Waals surface area contributed by atoms with E-state index < -0.39 is 11.2 Å². The minimum atomic E-state index is -0.542. The molecule has 0 unspecified atom stereocenters. The summed E-state index contributed by atoms with van der Waals surface area (Å²) in [5, 5.41) is 0. The van der Waals surface area contributed by atoms with E-state index in [1.807, 2.05) is 0 Å². The van der Waals surface area contributed by atoms with E-state index >= 15 is 0 Å². The molecule has 2 saturated heterocycles. The molecule has 1 aromatic rings. The molecule has 0 saturated carbocycles. The quantitative estimate of drug-likeness (QED) is 0.778. The fourth-order valence-corrected chi connectivity index (χ4v) is 3.37. The maximum absolute atomic E-state index is 12.4. The first-order chi connectivity index (χ1) is 11.5. The zero-order chi connectivity index (χ0) is 17.1. The summed E-state index contributed by atoms with van der Waals surface area (Å²) in [5.74, 6) is -0.0878. The van der Waals surface area contributed by atoms with Gasteiger partial charge in [0.05, 0.1) is 0 Å².